The van der Waals surface area contributed by atoms with E-state index in [4.69, 9.17) is 25.8 Å². The van der Waals surface area contributed by atoms with E-state index in [1.54, 1.807) is 6.07 Å². The number of carbonyl (C=O) groups is 1. The summed E-state index contributed by atoms with van der Waals surface area (Å²) in [5.74, 6) is 0.691. The number of pyridine rings is 1. The van der Waals surface area contributed by atoms with Gasteiger partial charge in [-0.3, -0.25) is 0 Å². The molecule has 1 unspecified atom stereocenters. The third-order valence-corrected chi connectivity index (χ3v) is 2.62. The van der Waals surface area contributed by atoms with Gasteiger partial charge in [0.15, 0.2) is 0 Å². The predicted molar refractivity (Wildman–Crippen MR) is 63.4 cm³/mol. The second kappa shape index (κ2) is 6.30. The molecule has 0 radical (unpaired) electrons. The summed E-state index contributed by atoms with van der Waals surface area (Å²) in [5.41, 5.74) is 0.529. The molecule has 0 aliphatic heterocycles. The van der Waals surface area contributed by atoms with Gasteiger partial charge in [0.05, 0.1) is 32.8 Å². The molecule has 17 heavy (non-hydrogen) atoms. The minimum Gasteiger partial charge on any atom is -0.496 e. The zero-order valence-electron chi connectivity index (χ0n) is 9.90. The molecule has 0 spiro atoms. The fourth-order valence-corrected chi connectivity index (χ4v) is 1.67. The molecule has 5 nitrogen and oxygen atoms in total. The zero-order valence-corrected chi connectivity index (χ0v) is 10.7. The molecule has 0 bridgehead atoms. The number of methoxy groups -OCH3 is 3. The molecule has 1 atom stereocenters. The van der Waals surface area contributed by atoms with E-state index in [1.807, 2.05) is 0 Å². The van der Waals surface area contributed by atoms with Crippen LogP contribution in [0, 0.1) is 0 Å². The highest BCUT2D eigenvalue weighted by atomic mass is 35.5. The van der Waals surface area contributed by atoms with Gasteiger partial charge in [0.1, 0.15) is 12.0 Å². The summed E-state index contributed by atoms with van der Waals surface area (Å²) in [7, 11) is 4.44. The zero-order chi connectivity index (χ0) is 12.8. The van der Waals surface area contributed by atoms with E-state index >= 15 is 0 Å². The average Bonchev–Trinajstić information content (AvgIpc) is 2.39. The molecule has 0 fully saturated rings. The molecular weight excluding hydrogens is 246 g/mol. The van der Waals surface area contributed by atoms with Gasteiger partial charge in [0, 0.05) is 11.9 Å². The number of aldehydes is 1. The molecule has 0 amide bonds. The fourth-order valence-electron chi connectivity index (χ4n) is 1.44. The van der Waals surface area contributed by atoms with E-state index in [0.717, 1.165) is 6.29 Å². The van der Waals surface area contributed by atoms with Gasteiger partial charge in [-0.25, -0.2) is 0 Å². The second-order valence-electron chi connectivity index (χ2n) is 3.19. The third kappa shape index (κ3) is 2.79. The Morgan fingerprint density at radius 1 is 1.35 bits per heavy atom. The Morgan fingerprint density at radius 3 is 2.47 bits per heavy atom. The van der Waals surface area contributed by atoms with Gasteiger partial charge in [-0.15, -0.1) is 11.6 Å². The van der Waals surface area contributed by atoms with Crippen LogP contribution in [-0.4, -0.2) is 38.5 Å². The summed E-state index contributed by atoms with van der Waals surface area (Å²) in [5, 5.41) is 0. The number of nitrogens with zero attached hydrogens (tertiary/aromatic N) is 1. The third-order valence-electron chi connectivity index (χ3n) is 2.29. The lowest BCUT2D eigenvalue weighted by Gasteiger charge is -2.16. The van der Waals surface area contributed by atoms with Crippen molar-refractivity contribution in [2.75, 3.05) is 27.2 Å². The van der Waals surface area contributed by atoms with Crippen LogP contribution in [0.3, 0.4) is 0 Å². The van der Waals surface area contributed by atoms with Crippen LogP contribution in [-0.2, 0) is 4.79 Å². The monoisotopic (exact) mass is 259 g/mol. The molecule has 0 aliphatic rings. The number of halogens is 1. The summed E-state index contributed by atoms with van der Waals surface area (Å²) in [6.45, 7) is 0. The Kier molecular flexibility index (Phi) is 5.03. The molecule has 0 saturated heterocycles. The van der Waals surface area contributed by atoms with Crippen molar-refractivity contribution in [1.82, 2.24) is 4.98 Å². The van der Waals surface area contributed by atoms with Crippen molar-refractivity contribution in [2.24, 2.45) is 0 Å². The van der Waals surface area contributed by atoms with Crippen LogP contribution in [0.4, 0.5) is 0 Å². The molecule has 0 aliphatic carbocycles. The van der Waals surface area contributed by atoms with Crippen molar-refractivity contribution in [1.29, 1.82) is 0 Å². The molecule has 1 aromatic heterocycles. The van der Waals surface area contributed by atoms with Crippen LogP contribution in [0.1, 0.15) is 11.5 Å². The van der Waals surface area contributed by atoms with E-state index in [9.17, 15) is 4.79 Å². The van der Waals surface area contributed by atoms with Crippen molar-refractivity contribution in [3.63, 3.8) is 0 Å². The first-order chi connectivity index (χ1) is 8.21. The largest absolute Gasteiger partial charge is 0.496 e. The van der Waals surface area contributed by atoms with Crippen molar-refractivity contribution in [2.45, 2.75) is 5.92 Å². The Balaban J connectivity index is 3.38. The number of rotatable bonds is 6. The fraction of sp³-hybridized carbons (Fsp3) is 0.455. The highest BCUT2D eigenvalue weighted by molar-refractivity contribution is 6.19. The number of carbonyl (C=O) groups excluding carboxylic acids is 1. The summed E-state index contributed by atoms with van der Waals surface area (Å²) in [6.07, 6.45) is 0.738. The smallest absolute Gasteiger partial charge is 0.224 e. The Bertz CT molecular complexity index is 372. The van der Waals surface area contributed by atoms with Crippen LogP contribution in [0.15, 0.2) is 6.07 Å². The van der Waals surface area contributed by atoms with Gasteiger partial charge in [-0.2, -0.15) is 4.98 Å². The van der Waals surface area contributed by atoms with Gasteiger partial charge >= 0.3 is 0 Å². The number of aromatic nitrogens is 1. The van der Waals surface area contributed by atoms with E-state index in [0.29, 0.717) is 17.2 Å². The van der Waals surface area contributed by atoms with Gasteiger partial charge in [-0.1, -0.05) is 0 Å². The van der Waals surface area contributed by atoms with E-state index in [1.165, 1.54) is 21.3 Å². The van der Waals surface area contributed by atoms with Crippen molar-refractivity contribution < 1.29 is 19.0 Å². The molecule has 0 saturated carbocycles. The molecule has 0 aromatic carbocycles. The van der Waals surface area contributed by atoms with Gasteiger partial charge in [0.25, 0.3) is 0 Å². The first kappa shape index (κ1) is 13.6. The van der Waals surface area contributed by atoms with E-state index in [2.05, 4.69) is 4.98 Å². The highest BCUT2D eigenvalue weighted by Gasteiger charge is 2.22. The number of ether oxygens (including phenoxy) is 3. The van der Waals surface area contributed by atoms with Crippen LogP contribution in [0.25, 0.3) is 0 Å². The predicted octanol–water partition coefficient (Wildman–Crippen LogP) is 1.63. The van der Waals surface area contributed by atoms with Gasteiger partial charge < -0.3 is 19.0 Å². The molecule has 1 rings (SSSR count). The molecular formula is C11H14ClNO4. The lowest BCUT2D eigenvalue weighted by Crippen LogP contribution is -2.08. The number of hydrogen-bond donors (Lipinski definition) is 0. The molecule has 1 heterocycles. The maximum Gasteiger partial charge on any atom is 0.224 e. The van der Waals surface area contributed by atoms with Gasteiger partial charge in [-0.05, 0) is 0 Å². The quantitative estimate of drug-likeness (QED) is 0.574. The molecule has 94 valence electrons. The average molecular weight is 260 g/mol. The highest BCUT2D eigenvalue weighted by Crippen LogP contribution is 2.36. The van der Waals surface area contributed by atoms with Gasteiger partial charge in [0.2, 0.25) is 11.8 Å². The lowest BCUT2D eigenvalue weighted by molar-refractivity contribution is -0.108. The molecule has 1 aromatic rings. The standard InChI is InChI=1S/C11H14ClNO4/c1-15-8-4-9(16-2)13-11(17-3)10(8)7(5-12)6-14/h4,6-7H,5H2,1-3H3. The van der Waals surface area contributed by atoms with Crippen LogP contribution >= 0.6 is 11.6 Å². The minimum absolute atomic E-state index is 0.129. The van der Waals surface area contributed by atoms with Crippen LogP contribution in [0.5, 0.6) is 17.5 Å². The van der Waals surface area contributed by atoms with Crippen LogP contribution in [0.2, 0.25) is 0 Å². The molecule has 0 N–H and O–H groups in total. The second-order valence-corrected chi connectivity index (χ2v) is 3.50. The Morgan fingerprint density at radius 2 is 2.06 bits per heavy atom. The minimum atomic E-state index is -0.528. The number of alkyl halides is 1. The van der Waals surface area contributed by atoms with Crippen molar-refractivity contribution >= 4 is 17.9 Å². The first-order valence-corrected chi connectivity index (χ1v) is 5.43. The Labute approximate surface area is 105 Å². The normalized spacial score (nSPS) is 11.8. The summed E-state index contributed by atoms with van der Waals surface area (Å²) in [4.78, 5) is 15.1. The van der Waals surface area contributed by atoms with E-state index in [-0.39, 0.29) is 11.8 Å². The maximum atomic E-state index is 11.0. The maximum absolute atomic E-state index is 11.0. The topological polar surface area (TPSA) is 57.7 Å². The van der Waals surface area contributed by atoms with Crippen molar-refractivity contribution in [3.05, 3.63) is 11.6 Å². The summed E-state index contributed by atoms with van der Waals surface area (Å²) >= 11 is 5.73. The molecule has 6 heteroatoms. The number of hydrogen-bond acceptors (Lipinski definition) is 5. The Hall–Kier alpha value is -1.49. The summed E-state index contributed by atoms with van der Waals surface area (Å²) < 4.78 is 15.3. The lowest BCUT2D eigenvalue weighted by atomic mass is 10.0. The summed E-state index contributed by atoms with van der Waals surface area (Å²) in [6, 6.07) is 1.58. The SMILES string of the molecule is COc1cc(OC)c(C(C=O)CCl)c(OC)n1. The first-order valence-electron chi connectivity index (χ1n) is 4.89. The van der Waals surface area contributed by atoms with E-state index < -0.39 is 5.92 Å². The van der Waals surface area contributed by atoms with Crippen molar-refractivity contribution in [3.8, 4) is 17.5 Å². The van der Waals surface area contributed by atoms with Crippen LogP contribution < -0.4 is 14.2 Å².